The quantitative estimate of drug-likeness (QED) is 0.855. The summed E-state index contributed by atoms with van der Waals surface area (Å²) in [7, 11) is 1.84. The molecule has 6 nitrogen and oxygen atoms in total. The van der Waals surface area contributed by atoms with Crippen molar-refractivity contribution in [1.82, 2.24) is 9.80 Å². The fourth-order valence-corrected chi connectivity index (χ4v) is 3.72. The molecule has 3 rings (SSSR count). The zero-order chi connectivity index (χ0) is 19.9. The second-order valence-corrected chi connectivity index (χ2v) is 7.17. The van der Waals surface area contributed by atoms with E-state index < -0.39 is 5.97 Å². The molecular formula is C22H27N3O3. The maximum absolute atomic E-state index is 13.5. The Balaban J connectivity index is 1.77. The number of rotatable bonds is 5. The Bertz CT molecular complexity index is 743. The highest BCUT2D eigenvalue weighted by Gasteiger charge is 2.28. The average molecular weight is 381 g/mol. The van der Waals surface area contributed by atoms with Crippen molar-refractivity contribution in [2.75, 3.05) is 31.6 Å². The first-order valence-electron chi connectivity index (χ1n) is 9.67. The van der Waals surface area contributed by atoms with Crippen LogP contribution in [0.25, 0.3) is 0 Å². The summed E-state index contributed by atoms with van der Waals surface area (Å²) in [6, 6.07) is 19.5. The summed E-state index contributed by atoms with van der Waals surface area (Å²) in [4.78, 5) is 30.0. The first-order chi connectivity index (χ1) is 13.6. The largest absolute Gasteiger partial charge is 0.480 e. The Labute approximate surface area is 166 Å². The predicted octanol–water partition coefficient (Wildman–Crippen LogP) is 3.82. The number of carbonyl (C=O) groups excluding carboxylic acids is 1. The minimum absolute atomic E-state index is 0.0266. The molecule has 1 aliphatic heterocycles. The number of para-hydroxylation sites is 2. The van der Waals surface area contributed by atoms with Crippen molar-refractivity contribution in [1.29, 1.82) is 0 Å². The number of amides is 2. The van der Waals surface area contributed by atoms with Gasteiger partial charge in [0.15, 0.2) is 0 Å². The van der Waals surface area contributed by atoms with Gasteiger partial charge in [0.1, 0.15) is 0 Å². The number of urea groups is 1. The maximum Gasteiger partial charge on any atom is 0.329 e. The number of nitrogens with zero attached hydrogens (tertiary/aromatic N) is 3. The number of likely N-dealkylation sites (tertiary alicyclic amines) is 1. The molecule has 148 valence electrons. The molecular weight excluding hydrogens is 354 g/mol. The first kappa shape index (κ1) is 19.9. The van der Waals surface area contributed by atoms with Crippen molar-refractivity contribution in [3.63, 3.8) is 0 Å². The van der Waals surface area contributed by atoms with Gasteiger partial charge in [0.05, 0.1) is 17.9 Å². The number of likely N-dealkylation sites (N-methyl/N-ethyl adjacent to an activating group) is 1. The molecule has 0 saturated carbocycles. The molecule has 1 saturated heterocycles. The highest BCUT2D eigenvalue weighted by molar-refractivity contribution is 5.99. The maximum atomic E-state index is 13.5. The van der Waals surface area contributed by atoms with Crippen LogP contribution in [0.2, 0.25) is 0 Å². The van der Waals surface area contributed by atoms with Gasteiger partial charge in [0.2, 0.25) is 0 Å². The zero-order valence-electron chi connectivity index (χ0n) is 16.2. The van der Waals surface area contributed by atoms with Crippen molar-refractivity contribution >= 4 is 23.4 Å². The summed E-state index contributed by atoms with van der Waals surface area (Å²) in [5.74, 6) is -0.820. The Morgan fingerprint density at radius 3 is 2.07 bits per heavy atom. The van der Waals surface area contributed by atoms with Crippen LogP contribution in [0.4, 0.5) is 16.2 Å². The highest BCUT2D eigenvalue weighted by Crippen LogP contribution is 2.27. The minimum atomic E-state index is -0.820. The minimum Gasteiger partial charge on any atom is -0.480 e. The van der Waals surface area contributed by atoms with Crippen LogP contribution in [0, 0.1) is 0 Å². The zero-order valence-corrected chi connectivity index (χ0v) is 16.2. The molecule has 1 aliphatic rings. The van der Waals surface area contributed by atoms with Crippen LogP contribution >= 0.6 is 0 Å². The van der Waals surface area contributed by atoms with Gasteiger partial charge in [-0.3, -0.25) is 14.6 Å². The normalized spacial score (nSPS) is 17.2. The van der Waals surface area contributed by atoms with Crippen LogP contribution in [-0.4, -0.2) is 59.6 Å². The summed E-state index contributed by atoms with van der Waals surface area (Å²) in [5, 5.41) is 9.04. The van der Waals surface area contributed by atoms with Crippen molar-refractivity contribution in [3.8, 4) is 0 Å². The molecule has 1 fully saturated rings. The van der Waals surface area contributed by atoms with Crippen LogP contribution in [-0.2, 0) is 4.79 Å². The molecule has 0 aromatic heterocycles. The van der Waals surface area contributed by atoms with Gasteiger partial charge in [0.25, 0.3) is 0 Å². The topological polar surface area (TPSA) is 64.1 Å². The van der Waals surface area contributed by atoms with E-state index in [1.807, 2.05) is 77.5 Å². The van der Waals surface area contributed by atoms with Gasteiger partial charge < -0.3 is 10.0 Å². The van der Waals surface area contributed by atoms with Crippen LogP contribution in [0.5, 0.6) is 0 Å². The summed E-state index contributed by atoms with van der Waals surface area (Å²) >= 11 is 0. The van der Waals surface area contributed by atoms with Crippen molar-refractivity contribution in [2.24, 2.45) is 0 Å². The summed E-state index contributed by atoms with van der Waals surface area (Å²) < 4.78 is 0. The van der Waals surface area contributed by atoms with Crippen molar-refractivity contribution in [2.45, 2.75) is 25.3 Å². The number of benzene rings is 2. The average Bonchev–Trinajstić information content (AvgIpc) is 2.96. The monoisotopic (exact) mass is 381 g/mol. The second-order valence-electron chi connectivity index (χ2n) is 7.17. The van der Waals surface area contributed by atoms with E-state index >= 15 is 0 Å². The number of carboxylic acids is 1. The van der Waals surface area contributed by atoms with E-state index in [0.717, 1.165) is 30.6 Å². The lowest BCUT2D eigenvalue weighted by atomic mass is 10.1. The van der Waals surface area contributed by atoms with E-state index in [1.54, 1.807) is 4.90 Å². The van der Waals surface area contributed by atoms with Crippen LogP contribution in [0.3, 0.4) is 0 Å². The fraction of sp³-hybridized carbons (Fsp3) is 0.364. The third kappa shape index (κ3) is 4.89. The SMILES string of the molecule is CN(CC(=O)O)C1CCCN(C(=O)N(c2ccccc2)c2ccccc2)CC1. The predicted molar refractivity (Wildman–Crippen MR) is 110 cm³/mol. The number of hydrogen-bond donors (Lipinski definition) is 1. The van der Waals surface area contributed by atoms with E-state index in [1.165, 1.54) is 0 Å². The molecule has 0 radical (unpaired) electrons. The number of anilines is 2. The Morgan fingerprint density at radius 2 is 1.54 bits per heavy atom. The number of carbonyl (C=O) groups is 2. The van der Waals surface area contributed by atoms with E-state index in [-0.39, 0.29) is 18.6 Å². The summed E-state index contributed by atoms with van der Waals surface area (Å²) in [5.41, 5.74) is 1.67. The van der Waals surface area contributed by atoms with Gasteiger partial charge >= 0.3 is 12.0 Å². The summed E-state index contributed by atoms with van der Waals surface area (Å²) in [6.07, 6.45) is 2.52. The van der Waals surface area contributed by atoms with Gasteiger partial charge in [-0.25, -0.2) is 4.79 Å². The van der Waals surface area contributed by atoms with Gasteiger partial charge in [-0.05, 0) is 50.6 Å². The Kier molecular flexibility index (Phi) is 6.66. The van der Waals surface area contributed by atoms with Gasteiger partial charge in [-0.2, -0.15) is 0 Å². The Morgan fingerprint density at radius 1 is 0.964 bits per heavy atom. The molecule has 2 amide bonds. The molecule has 28 heavy (non-hydrogen) atoms. The van der Waals surface area contributed by atoms with Crippen molar-refractivity contribution < 1.29 is 14.7 Å². The standard InChI is InChI=1S/C22H27N3O3/c1-23(17-21(26)27)18-13-8-15-24(16-14-18)22(28)25(19-9-4-2-5-10-19)20-11-6-3-7-12-20/h2-7,9-12,18H,8,13-17H2,1H3,(H,26,27). The second kappa shape index (κ2) is 9.37. The molecule has 1 N–H and O–H groups in total. The smallest absolute Gasteiger partial charge is 0.329 e. The summed E-state index contributed by atoms with van der Waals surface area (Å²) in [6.45, 7) is 1.31. The molecule has 1 atom stereocenters. The van der Waals surface area contributed by atoms with Crippen molar-refractivity contribution in [3.05, 3.63) is 60.7 Å². The van der Waals surface area contributed by atoms with Gasteiger partial charge in [-0.1, -0.05) is 36.4 Å². The lowest BCUT2D eigenvalue weighted by molar-refractivity contribution is -0.138. The molecule has 6 heteroatoms. The fourth-order valence-electron chi connectivity index (χ4n) is 3.72. The third-order valence-electron chi connectivity index (χ3n) is 5.20. The van der Waals surface area contributed by atoms with Crippen LogP contribution < -0.4 is 4.90 Å². The lowest BCUT2D eigenvalue weighted by Gasteiger charge is -2.30. The van der Waals surface area contributed by atoms with E-state index in [9.17, 15) is 9.59 Å². The van der Waals surface area contributed by atoms with Crippen LogP contribution in [0.1, 0.15) is 19.3 Å². The molecule has 0 spiro atoms. The van der Waals surface area contributed by atoms with E-state index in [4.69, 9.17) is 5.11 Å². The molecule has 0 aliphatic carbocycles. The molecule has 0 bridgehead atoms. The Hall–Kier alpha value is -2.86. The van der Waals surface area contributed by atoms with Gasteiger partial charge in [0, 0.05) is 19.1 Å². The van der Waals surface area contributed by atoms with E-state index in [0.29, 0.717) is 13.1 Å². The third-order valence-corrected chi connectivity index (χ3v) is 5.20. The molecule has 1 unspecified atom stereocenters. The number of aliphatic carboxylic acids is 1. The molecule has 2 aromatic rings. The first-order valence-corrected chi connectivity index (χ1v) is 9.67. The van der Waals surface area contributed by atoms with Crippen LogP contribution in [0.15, 0.2) is 60.7 Å². The van der Waals surface area contributed by atoms with E-state index in [2.05, 4.69) is 0 Å². The van der Waals surface area contributed by atoms with Gasteiger partial charge in [-0.15, -0.1) is 0 Å². The molecule has 2 aromatic carbocycles. The number of carboxylic acid groups (broad SMARTS) is 1. The highest BCUT2D eigenvalue weighted by atomic mass is 16.4. The lowest BCUT2D eigenvalue weighted by Crippen LogP contribution is -2.42. The molecule has 1 heterocycles. The number of hydrogen-bond acceptors (Lipinski definition) is 3.